The van der Waals surface area contributed by atoms with Crippen molar-refractivity contribution in [3.63, 3.8) is 0 Å². The quantitative estimate of drug-likeness (QED) is 0.839. The molecule has 0 heterocycles. The highest BCUT2D eigenvalue weighted by Gasteiger charge is 2.17. The lowest BCUT2D eigenvalue weighted by Crippen LogP contribution is -2.18. The van der Waals surface area contributed by atoms with Crippen molar-refractivity contribution in [1.29, 1.82) is 0 Å². The molecular formula is C14H13ClN2O2S2. The third-order valence-electron chi connectivity index (χ3n) is 2.82. The predicted molar refractivity (Wildman–Crippen MR) is 89.3 cm³/mol. The van der Waals surface area contributed by atoms with Crippen molar-refractivity contribution in [1.82, 2.24) is 0 Å². The number of aryl methyl sites for hydroxylation is 1. The molecule has 2 rings (SSSR count). The summed E-state index contributed by atoms with van der Waals surface area (Å²) in [5, 5.41) is 0.386. The molecule has 0 saturated heterocycles. The fourth-order valence-corrected chi connectivity index (χ4v) is 3.16. The average molecular weight is 341 g/mol. The van der Waals surface area contributed by atoms with Crippen LogP contribution in [0.5, 0.6) is 0 Å². The van der Waals surface area contributed by atoms with Gasteiger partial charge in [-0.2, -0.15) is 0 Å². The third-order valence-corrected chi connectivity index (χ3v) is 4.66. The van der Waals surface area contributed by atoms with Crippen molar-refractivity contribution in [2.24, 2.45) is 5.73 Å². The summed E-state index contributed by atoms with van der Waals surface area (Å²) in [7, 11) is -3.73. The van der Waals surface area contributed by atoms with Crippen LogP contribution in [0, 0.1) is 6.92 Å². The Balaban J connectivity index is 2.43. The van der Waals surface area contributed by atoms with Crippen LogP contribution < -0.4 is 10.5 Å². The molecule has 0 fully saturated rings. The summed E-state index contributed by atoms with van der Waals surface area (Å²) in [6.07, 6.45) is 0. The highest BCUT2D eigenvalue weighted by molar-refractivity contribution is 7.92. The molecule has 2 aromatic rings. The van der Waals surface area contributed by atoms with Gasteiger partial charge < -0.3 is 5.73 Å². The summed E-state index contributed by atoms with van der Waals surface area (Å²) < 4.78 is 27.2. The number of rotatable bonds is 4. The molecule has 0 unspecified atom stereocenters. The van der Waals surface area contributed by atoms with Crippen LogP contribution in [0.1, 0.15) is 11.1 Å². The minimum Gasteiger partial charge on any atom is -0.389 e. The van der Waals surface area contributed by atoms with Gasteiger partial charge >= 0.3 is 0 Å². The zero-order valence-electron chi connectivity index (χ0n) is 11.1. The number of halogens is 1. The third kappa shape index (κ3) is 3.72. The first-order valence-electron chi connectivity index (χ1n) is 5.98. The van der Waals surface area contributed by atoms with E-state index in [1.54, 1.807) is 24.3 Å². The van der Waals surface area contributed by atoms with Gasteiger partial charge in [-0.1, -0.05) is 41.5 Å². The van der Waals surface area contributed by atoms with Crippen molar-refractivity contribution in [2.45, 2.75) is 11.8 Å². The van der Waals surface area contributed by atoms with Crippen molar-refractivity contribution in [3.8, 4) is 0 Å². The number of hydrogen-bond acceptors (Lipinski definition) is 3. The molecule has 0 spiro atoms. The van der Waals surface area contributed by atoms with Gasteiger partial charge in [0, 0.05) is 10.6 Å². The summed E-state index contributed by atoms with van der Waals surface area (Å²) >= 11 is 10.8. The van der Waals surface area contributed by atoms with Gasteiger partial charge in [0.05, 0.1) is 10.6 Å². The van der Waals surface area contributed by atoms with E-state index in [-0.39, 0.29) is 15.6 Å². The number of sulfonamides is 1. The van der Waals surface area contributed by atoms with Crippen molar-refractivity contribution in [2.75, 3.05) is 4.72 Å². The number of nitrogens with two attached hydrogens (primary N) is 1. The molecule has 4 nitrogen and oxygen atoms in total. The first kappa shape index (κ1) is 15.8. The first-order valence-corrected chi connectivity index (χ1v) is 8.25. The molecule has 2 aromatic carbocycles. The number of hydrogen-bond donors (Lipinski definition) is 2. The van der Waals surface area contributed by atoms with Crippen molar-refractivity contribution in [3.05, 3.63) is 58.6 Å². The molecule has 0 aromatic heterocycles. The maximum atomic E-state index is 12.4. The van der Waals surface area contributed by atoms with E-state index in [4.69, 9.17) is 29.6 Å². The Morgan fingerprint density at radius 3 is 2.38 bits per heavy atom. The van der Waals surface area contributed by atoms with Gasteiger partial charge in [0.1, 0.15) is 4.99 Å². The van der Waals surface area contributed by atoms with E-state index < -0.39 is 10.0 Å². The normalized spacial score (nSPS) is 11.1. The Hall–Kier alpha value is -1.63. The van der Waals surface area contributed by atoms with E-state index in [0.29, 0.717) is 10.6 Å². The Labute approximate surface area is 134 Å². The standard InChI is InChI=1S/C14H13ClN2O2S2/c1-9-2-5-11(6-3-9)21(18,19)17-13-8-10(15)4-7-12(13)14(16)20/h2-8,17H,1H3,(H2,16,20). The lowest BCUT2D eigenvalue weighted by molar-refractivity contribution is 0.601. The number of nitrogens with one attached hydrogen (secondary N) is 1. The molecular weight excluding hydrogens is 328 g/mol. The molecule has 110 valence electrons. The molecule has 0 aliphatic heterocycles. The van der Waals surface area contributed by atoms with Gasteiger partial charge in [0.2, 0.25) is 0 Å². The highest BCUT2D eigenvalue weighted by Crippen LogP contribution is 2.24. The summed E-state index contributed by atoms with van der Waals surface area (Å²) in [4.78, 5) is 0.246. The lowest BCUT2D eigenvalue weighted by atomic mass is 10.2. The predicted octanol–water partition coefficient (Wildman–Crippen LogP) is 3.08. The van der Waals surface area contributed by atoms with Crippen LogP contribution in [0.25, 0.3) is 0 Å². The van der Waals surface area contributed by atoms with E-state index >= 15 is 0 Å². The Bertz CT molecular complexity index is 787. The van der Waals surface area contributed by atoms with Crippen molar-refractivity contribution >= 4 is 44.5 Å². The maximum Gasteiger partial charge on any atom is 0.261 e. The van der Waals surface area contributed by atoms with Gasteiger partial charge in [0.25, 0.3) is 10.0 Å². The van der Waals surface area contributed by atoms with Crippen LogP contribution in [0.2, 0.25) is 5.02 Å². The molecule has 0 saturated carbocycles. The largest absolute Gasteiger partial charge is 0.389 e. The average Bonchev–Trinajstić information content (AvgIpc) is 2.38. The van der Waals surface area contributed by atoms with Crippen LogP contribution in [0.3, 0.4) is 0 Å². The smallest absolute Gasteiger partial charge is 0.261 e. The molecule has 3 N–H and O–H groups in total. The van der Waals surface area contributed by atoms with E-state index in [1.807, 2.05) is 6.92 Å². The topological polar surface area (TPSA) is 72.2 Å². The zero-order chi connectivity index (χ0) is 15.6. The van der Waals surface area contributed by atoms with E-state index in [2.05, 4.69) is 4.72 Å². The molecule has 0 aliphatic rings. The summed E-state index contributed by atoms with van der Waals surface area (Å²) in [6, 6.07) is 11.2. The van der Waals surface area contributed by atoms with E-state index in [0.717, 1.165) is 5.56 Å². The number of anilines is 1. The zero-order valence-corrected chi connectivity index (χ0v) is 13.5. The van der Waals surface area contributed by atoms with E-state index in [9.17, 15) is 8.42 Å². The molecule has 7 heteroatoms. The van der Waals surface area contributed by atoms with Gasteiger partial charge in [-0.05, 0) is 37.3 Å². The Morgan fingerprint density at radius 1 is 1.19 bits per heavy atom. The molecule has 0 atom stereocenters. The van der Waals surface area contributed by atoms with Gasteiger partial charge in [0.15, 0.2) is 0 Å². The lowest BCUT2D eigenvalue weighted by Gasteiger charge is -2.12. The fourth-order valence-electron chi connectivity index (χ4n) is 1.74. The van der Waals surface area contributed by atoms with Crippen LogP contribution in [-0.2, 0) is 10.0 Å². The van der Waals surface area contributed by atoms with Crippen molar-refractivity contribution < 1.29 is 8.42 Å². The van der Waals surface area contributed by atoms with Crippen LogP contribution >= 0.6 is 23.8 Å². The molecule has 0 bridgehead atoms. The second kappa shape index (κ2) is 6.01. The summed E-state index contributed by atoms with van der Waals surface area (Å²) in [5.41, 5.74) is 7.25. The second-order valence-corrected chi connectivity index (χ2v) is 7.03. The number of benzene rings is 2. The Morgan fingerprint density at radius 2 is 1.81 bits per heavy atom. The molecule has 0 radical (unpaired) electrons. The minimum absolute atomic E-state index is 0.0910. The van der Waals surface area contributed by atoms with Gasteiger partial charge in [-0.15, -0.1) is 0 Å². The summed E-state index contributed by atoms with van der Waals surface area (Å²) in [6.45, 7) is 1.88. The maximum absolute atomic E-state index is 12.4. The fraction of sp³-hybridized carbons (Fsp3) is 0.0714. The van der Waals surface area contributed by atoms with Crippen LogP contribution in [-0.4, -0.2) is 13.4 Å². The van der Waals surface area contributed by atoms with E-state index in [1.165, 1.54) is 18.2 Å². The van der Waals surface area contributed by atoms with Gasteiger partial charge in [-0.3, -0.25) is 4.72 Å². The van der Waals surface area contributed by atoms with Crippen LogP contribution in [0.4, 0.5) is 5.69 Å². The molecule has 0 amide bonds. The minimum atomic E-state index is -3.73. The SMILES string of the molecule is Cc1ccc(S(=O)(=O)Nc2cc(Cl)ccc2C(N)=S)cc1. The first-order chi connectivity index (χ1) is 9.79. The monoisotopic (exact) mass is 340 g/mol. The van der Waals surface area contributed by atoms with Gasteiger partial charge in [-0.25, -0.2) is 8.42 Å². The Kier molecular flexibility index (Phi) is 4.51. The highest BCUT2D eigenvalue weighted by atomic mass is 35.5. The molecule has 0 aliphatic carbocycles. The second-order valence-electron chi connectivity index (χ2n) is 4.47. The van der Waals surface area contributed by atoms with Crippen LogP contribution in [0.15, 0.2) is 47.4 Å². The molecule has 21 heavy (non-hydrogen) atoms. The number of thiocarbonyl (C=S) groups is 1. The summed E-state index contributed by atoms with van der Waals surface area (Å²) in [5.74, 6) is 0.